The fourth-order valence-corrected chi connectivity index (χ4v) is 1.48. The van der Waals surface area contributed by atoms with Crippen LogP contribution in [0.4, 0.5) is 30.7 Å². The molecule has 0 saturated heterocycles. The van der Waals surface area contributed by atoms with Gasteiger partial charge in [0.15, 0.2) is 0 Å². The number of rotatable bonds is 3. The Labute approximate surface area is 104 Å². The molecule has 0 aliphatic rings. The SMILES string of the molecule is N[C@H](CCF)c1cc(C(F)(F)F)cc(C(F)(F)F)c1. The third-order valence-electron chi connectivity index (χ3n) is 2.46. The number of nitrogens with two attached hydrogens (primary N) is 1. The molecule has 1 aromatic carbocycles. The number of hydrogen-bond acceptors (Lipinski definition) is 1. The van der Waals surface area contributed by atoms with E-state index in [0.717, 1.165) is 0 Å². The summed E-state index contributed by atoms with van der Waals surface area (Å²) in [6.45, 7) is -0.932. The van der Waals surface area contributed by atoms with Crippen LogP contribution in [0.15, 0.2) is 18.2 Å². The molecule has 0 radical (unpaired) electrons. The minimum Gasteiger partial charge on any atom is -0.324 e. The monoisotopic (exact) mass is 289 g/mol. The number of hydrogen-bond donors (Lipinski definition) is 1. The summed E-state index contributed by atoms with van der Waals surface area (Å²) in [4.78, 5) is 0. The highest BCUT2D eigenvalue weighted by molar-refractivity contribution is 5.35. The van der Waals surface area contributed by atoms with Gasteiger partial charge in [0.05, 0.1) is 17.8 Å². The van der Waals surface area contributed by atoms with Crippen molar-refractivity contribution in [2.45, 2.75) is 24.8 Å². The maximum absolute atomic E-state index is 12.5. The Morgan fingerprint density at radius 3 is 1.63 bits per heavy atom. The van der Waals surface area contributed by atoms with Crippen LogP contribution in [0.5, 0.6) is 0 Å². The van der Waals surface area contributed by atoms with E-state index in [2.05, 4.69) is 0 Å². The van der Waals surface area contributed by atoms with Gasteiger partial charge in [-0.25, -0.2) is 0 Å². The topological polar surface area (TPSA) is 26.0 Å². The maximum atomic E-state index is 12.5. The molecule has 0 bridgehead atoms. The number of halogens is 7. The average Bonchev–Trinajstić information content (AvgIpc) is 2.26. The Kier molecular flexibility index (Phi) is 4.44. The molecule has 0 amide bonds. The predicted octanol–water partition coefficient (Wildman–Crippen LogP) is 4.08. The highest BCUT2D eigenvalue weighted by Crippen LogP contribution is 2.37. The lowest BCUT2D eigenvalue weighted by molar-refractivity contribution is -0.143. The van der Waals surface area contributed by atoms with Crippen molar-refractivity contribution in [2.24, 2.45) is 5.73 Å². The summed E-state index contributed by atoms with van der Waals surface area (Å²) in [5, 5.41) is 0. The molecule has 0 aliphatic heterocycles. The minimum absolute atomic E-state index is 0.00562. The summed E-state index contributed by atoms with van der Waals surface area (Å²) >= 11 is 0. The molecule has 1 nitrogen and oxygen atoms in total. The standard InChI is InChI=1S/C11H10F7N/c12-2-1-9(19)6-3-7(10(13,14)15)5-8(4-6)11(16,17)18/h3-5,9H,1-2,19H2/t9-/m1/s1. The van der Waals surface area contributed by atoms with Gasteiger partial charge in [-0.15, -0.1) is 0 Å². The fraction of sp³-hybridized carbons (Fsp3) is 0.455. The van der Waals surface area contributed by atoms with E-state index in [0.29, 0.717) is 12.1 Å². The van der Waals surface area contributed by atoms with E-state index in [9.17, 15) is 30.7 Å². The van der Waals surface area contributed by atoms with Crippen LogP contribution >= 0.6 is 0 Å². The average molecular weight is 289 g/mol. The molecule has 8 heteroatoms. The summed E-state index contributed by atoms with van der Waals surface area (Å²) in [5.74, 6) is 0. The molecule has 0 saturated carbocycles. The normalized spacial score (nSPS) is 14.5. The lowest BCUT2D eigenvalue weighted by Crippen LogP contribution is -2.16. The minimum atomic E-state index is -4.93. The van der Waals surface area contributed by atoms with Crippen LogP contribution in [0, 0.1) is 0 Å². The van der Waals surface area contributed by atoms with Gasteiger partial charge >= 0.3 is 12.4 Å². The van der Waals surface area contributed by atoms with Gasteiger partial charge in [0.2, 0.25) is 0 Å². The van der Waals surface area contributed by atoms with Crippen molar-refractivity contribution in [3.05, 3.63) is 34.9 Å². The van der Waals surface area contributed by atoms with Gasteiger partial charge in [0.1, 0.15) is 0 Å². The van der Waals surface area contributed by atoms with Crippen LogP contribution in [0.3, 0.4) is 0 Å². The Morgan fingerprint density at radius 2 is 1.32 bits per heavy atom. The summed E-state index contributed by atoms with van der Waals surface area (Å²) in [5.41, 5.74) is 2.06. The third-order valence-corrected chi connectivity index (χ3v) is 2.46. The molecular formula is C11H10F7N. The van der Waals surface area contributed by atoms with E-state index in [1.54, 1.807) is 0 Å². The fourth-order valence-electron chi connectivity index (χ4n) is 1.48. The van der Waals surface area contributed by atoms with Crippen molar-refractivity contribution < 1.29 is 30.7 Å². The second-order valence-corrected chi connectivity index (χ2v) is 3.92. The Bertz CT molecular complexity index is 403. The highest BCUT2D eigenvalue weighted by Gasteiger charge is 2.37. The van der Waals surface area contributed by atoms with Gasteiger partial charge < -0.3 is 5.73 Å². The lowest BCUT2D eigenvalue weighted by atomic mass is 9.98. The zero-order valence-corrected chi connectivity index (χ0v) is 9.45. The molecule has 0 spiro atoms. The van der Waals surface area contributed by atoms with Gasteiger partial charge in [-0.1, -0.05) is 0 Å². The van der Waals surface area contributed by atoms with E-state index in [-0.39, 0.29) is 18.1 Å². The van der Waals surface area contributed by atoms with Crippen LogP contribution in [-0.4, -0.2) is 6.67 Å². The Balaban J connectivity index is 3.33. The summed E-state index contributed by atoms with van der Waals surface area (Å²) < 4.78 is 87.1. The molecule has 19 heavy (non-hydrogen) atoms. The molecule has 1 atom stereocenters. The first-order valence-electron chi connectivity index (χ1n) is 5.16. The molecule has 0 fully saturated rings. The van der Waals surface area contributed by atoms with Crippen LogP contribution in [0.1, 0.15) is 29.2 Å². The quantitative estimate of drug-likeness (QED) is 0.833. The smallest absolute Gasteiger partial charge is 0.324 e. The molecule has 0 unspecified atom stereocenters. The molecule has 0 aromatic heterocycles. The van der Waals surface area contributed by atoms with Gasteiger partial charge in [0.25, 0.3) is 0 Å². The van der Waals surface area contributed by atoms with Gasteiger partial charge in [-0.2, -0.15) is 26.3 Å². The van der Waals surface area contributed by atoms with Crippen LogP contribution < -0.4 is 5.73 Å². The van der Waals surface area contributed by atoms with Crippen molar-refractivity contribution in [3.63, 3.8) is 0 Å². The first-order chi connectivity index (χ1) is 8.55. The summed E-state index contributed by atoms with van der Waals surface area (Å²) in [7, 11) is 0. The molecule has 2 N–H and O–H groups in total. The summed E-state index contributed by atoms with van der Waals surface area (Å²) in [6, 6.07) is -0.190. The van der Waals surface area contributed by atoms with Crippen molar-refractivity contribution in [1.82, 2.24) is 0 Å². The van der Waals surface area contributed by atoms with Gasteiger partial charge in [-0.3, -0.25) is 4.39 Å². The Morgan fingerprint density at radius 1 is 0.895 bits per heavy atom. The van der Waals surface area contributed by atoms with Crippen molar-refractivity contribution in [3.8, 4) is 0 Å². The zero-order valence-electron chi connectivity index (χ0n) is 9.45. The van der Waals surface area contributed by atoms with E-state index in [1.165, 1.54) is 0 Å². The van der Waals surface area contributed by atoms with Crippen LogP contribution in [-0.2, 0) is 12.4 Å². The van der Waals surface area contributed by atoms with E-state index in [1.807, 2.05) is 0 Å². The number of alkyl halides is 7. The first kappa shape index (κ1) is 15.7. The van der Waals surface area contributed by atoms with E-state index >= 15 is 0 Å². The molecule has 1 rings (SSSR count). The molecule has 0 heterocycles. The second-order valence-electron chi connectivity index (χ2n) is 3.92. The second kappa shape index (κ2) is 5.36. The van der Waals surface area contributed by atoms with Crippen molar-refractivity contribution in [2.75, 3.05) is 6.67 Å². The van der Waals surface area contributed by atoms with Crippen molar-refractivity contribution in [1.29, 1.82) is 0 Å². The van der Waals surface area contributed by atoms with Crippen LogP contribution in [0.25, 0.3) is 0 Å². The largest absolute Gasteiger partial charge is 0.416 e. The van der Waals surface area contributed by atoms with Crippen LogP contribution in [0.2, 0.25) is 0 Å². The Hall–Kier alpha value is -1.31. The highest BCUT2D eigenvalue weighted by atomic mass is 19.4. The van der Waals surface area contributed by atoms with Gasteiger partial charge in [-0.05, 0) is 30.2 Å². The van der Waals surface area contributed by atoms with Gasteiger partial charge in [0, 0.05) is 6.04 Å². The first-order valence-corrected chi connectivity index (χ1v) is 5.16. The predicted molar refractivity (Wildman–Crippen MR) is 54.0 cm³/mol. The molecule has 0 aliphatic carbocycles. The summed E-state index contributed by atoms with van der Waals surface area (Å²) in [6.07, 6.45) is -10.2. The molecule has 1 aromatic rings. The lowest BCUT2D eigenvalue weighted by Gasteiger charge is -2.17. The van der Waals surface area contributed by atoms with Crippen molar-refractivity contribution >= 4 is 0 Å². The third kappa shape index (κ3) is 4.09. The maximum Gasteiger partial charge on any atom is 0.416 e. The number of benzene rings is 1. The molecule has 108 valence electrons. The van der Waals surface area contributed by atoms with E-state index in [4.69, 9.17) is 5.73 Å². The van der Waals surface area contributed by atoms with E-state index < -0.39 is 36.2 Å². The molecular weight excluding hydrogens is 279 g/mol. The zero-order chi connectivity index (χ0) is 14.8.